The first-order valence-corrected chi connectivity index (χ1v) is 7.21. The number of carboxylic acid groups (broad SMARTS) is 1. The number of aromatic amines is 1. The van der Waals surface area contributed by atoms with Crippen molar-refractivity contribution in [3.63, 3.8) is 0 Å². The van der Waals surface area contributed by atoms with Crippen molar-refractivity contribution in [3.05, 3.63) is 52.6 Å². The van der Waals surface area contributed by atoms with Gasteiger partial charge in [-0.1, -0.05) is 12.7 Å². The molecule has 1 aromatic carbocycles. The predicted octanol–water partition coefficient (Wildman–Crippen LogP) is 0.957. The number of nitrogens with two attached hydrogens (primary N) is 3. The first kappa shape index (κ1) is 22.9. The van der Waals surface area contributed by atoms with Crippen LogP contribution in [0.5, 0.6) is 0 Å². The van der Waals surface area contributed by atoms with Crippen molar-refractivity contribution in [2.24, 2.45) is 5.73 Å². The normalized spacial score (nSPS) is 9.93. The van der Waals surface area contributed by atoms with Crippen molar-refractivity contribution < 1.29 is 41.8 Å². The van der Waals surface area contributed by atoms with Crippen LogP contribution in [-0.4, -0.2) is 39.8 Å². The van der Waals surface area contributed by atoms with E-state index in [4.69, 9.17) is 21.3 Å². The largest absolute Gasteiger partial charge is 0.477 e. The van der Waals surface area contributed by atoms with Crippen LogP contribution in [0.4, 0.5) is 29.2 Å². The van der Waals surface area contributed by atoms with Crippen molar-refractivity contribution in [2.45, 2.75) is 0 Å². The number of aromatic nitrogens is 2. The highest BCUT2D eigenvalue weighted by Gasteiger charge is 2.31. The third kappa shape index (κ3) is 4.79. The lowest BCUT2D eigenvalue weighted by Gasteiger charge is -2.06. The number of nitrogen functional groups attached to an aromatic ring is 2. The van der Waals surface area contributed by atoms with Crippen LogP contribution >= 0.6 is 0 Å². The Morgan fingerprint density at radius 1 is 1.03 bits per heavy atom. The van der Waals surface area contributed by atoms with Gasteiger partial charge >= 0.3 is 11.9 Å². The highest BCUT2D eigenvalue weighted by molar-refractivity contribution is 5.99. The van der Waals surface area contributed by atoms with Gasteiger partial charge in [0.05, 0.1) is 0 Å². The number of hydrogen-bond donors (Lipinski definition) is 5. The molecule has 0 radical (unpaired) electrons. The second-order valence-electron chi connectivity index (χ2n) is 4.96. The fourth-order valence-electron chi connectivity index (χ4n) is 1.83. The van der Waals surface area contributed by atoms with E-state index < -0.39 is 52.2 Å². The fraction of sp³-hybridized carbons (Fsp3) is 0.0667. The van der Waals surface area contributed by atoms with E-state index in [0.29, 0.717) is 0 Å². The molecule has 0 aliphatic rings. The van der Waals surface area contributed by atoms with Gasteiger partial charge in [-0.3, -0.25) is 9.89 Å². The maximum absolute atomic E-state index is 13.0. The van der Waals surface area contributed by atoms with Gasteiger partial charge < -0.3 is 27.0 Å². The molecule has 0 saturated carbocycles. The molecule has 8 N–H and O–H groups in total. The van der Waals surface area contributed by atoms with Gasteiger partial charge in [-0.15, -0.1) is 0 Å². The molecule has 2 rings (SSSR count). The van der Waals surface area contributed by atoms with Crippen LogP contribution in [0.3, 0.4) is 0 Å². The monoisotopic (exact) mass is 419 g/mol. The number of esters is 1. The minimum Gasteiger partial charge on any atom is -0.477 e. The molecule has 0 unspecified atom stereocenters. The standard InChI is InChI=1S/C8H3F4NO3.C7H10N4O2/c9-3-1(7(13)14)4(10)6(12)2(5(3)11)8(15)16;1-2-3-13-7(12)4-5(8)10-11-6(4)9/h(H2,13,14)(H,15,16);2H,1,3H2,(H5,8,9,10,11). The van der Waals surface area contributed by atoms with Crippen LogP contribution in [0.2, 0.25) is 0 Å². The van der Waals surface area contributed by atoms with Crippen LogP contribution in [0.1, 0.15) is 31.1 Å². The molecule has 0 saturated heterocycles. The number of hydrogen-bond acceptors (Lipinski definition) is 7. The summed E-state index contributed by atoms with van der Waals surface area (Å²) in [5, 5.41) is 14.2. The van der Waals surface area contributed by atoms with E-state index in [1.54, 1.807) is 0 Å². The molecule has 10 nitrogen and oxygen atoms in total. The van der Waals surface area contributed by atoms with Crippen LogP contribution in [0.15, 0.2) is 12.7 Å². The number of amides is 1. The number of rotatable bonds is 5. The van der Waals surface area contributed by atoms with E-state index in [1.807, 2.05) is 0 Å². The van der Waals surface area contributed by atoms with E-state index in [1.165, 1.54) is 6.08 Å². The molecular weight excluding hydrogens is 406 g/mol. The summed E-state index contributed by atoms with van der Waals surface area (Å²) >= 11 is 0. The van der Waals surface area contributed by atoms with Crippen LogP contribution in [0, 0.1) is 23.3 Å². The summed E-state index contributed by atoms with van der Waals surface area (Å²) in [6.07, 6.45) is 1.45. The number of halogens is 4. The molecule has 0 bridgehead atoms. The van der Waals surface area contributed by atoms with Gasteiger partial charge in [0.2, 0.25) is 0 Å². The predicted molar refractivity (Wildman–Crippen MR) is 89.6 cm³/mol. The number of primary amides is 1. The zero-order valence-electron chi connectivity index (χ0n) is 14.3. The number of ether oxygens (including phenoxy) is 1. The number of carbonyl (C=O) groups excluding carboxylic acids is 2. The van der Waals surface area contributed by atoms with Gasteiger partial charge in [0.25, 0.3) is 5.91 Å². The number of nitrogens with zero attached hydrogens (tertiary/aromatic N) is 1. The Morgan fingerprint density at radius 3 is 1.86 bits per heavy atom. The minimum atomic E-state index is -2.20. The van der Waals surface area contributed by atoms with E-state index >= 15 is 0 Å². The third-order valence-electron chi connectivity index (χ3n) is 3.08. The van der Waals surface area contributed by atoms with Gasteiger partial charge in [-0.05, 0) is 0 Å². The minimum absolute atomic E-state index is 0.0339. The molecule has 29 heavy (non-hydrogen) atoms. The Balaban J connectivity index is 0.000000296. The van der Waals surface area contributed by atoms with E-state index in [2.05, 4.69) is 22.5 Å². The van der Waals surface area contributed by atoms with Crippen LogP contribution in [-0.2, 0) is 4.74 Å². The Morgan fingerprint density at radius 2 is 1.52 bits per heavy atom. The summed E-state index contributed by atoms with van der Waals surface area (Å²) in [6.45, 7) is 3.51. The topological polar surface area (TPSA) is 187 Å². The Kier molecular flexibility index (Phi) is 7.28. The fourth-order valence-corrected chi connectivity index (χ4v) is 1.83. The van der Waals surface area contributed by atoms with Crippen LogP contribution < -0.4 is 17.2 Å². The number of anilines is 2. The smallest absolute Gasteiger partial charge is 0.346 e. The number of carbonyl (C=O) groups is 3. The molecular formula is C15H13F4N5O5. The lowest BCUT2D eigenvalue weighted by Crippen LogP contribution is -2.21. The molecule has 1 amide bonds. The average Bonchev–Trinajstić information content (AvgIpc) is 2.97. The van der Waals surface area contributed by atoms with E-state index in [9.17, 15) is 31.9 Å². The van der Waals surface area contributed by atoms with Crippen molar-refractivity contribution in [3.8, 4) is 0 Å². The lowest BCUT2D eigenvalue weighted by molar-refractivity contribution is 0.0551. The average molecular weight is 419 g/mol. The summed E-state index contributed by atoms with van der Waals surface area (Å²) in [5.74, 6) is -13.1. The first-order valence-electron chi connectivity index (χ1n) is 7.21. The summed E-state index contributed by atoms with van der Waals surface area (Å²) in [4.78, 5) is 32.0. The van der Waals surface area contributed by atoms with Gasteiger partial charge in [-0.25, -0.2) is 27.2 Å². The quantitative estimate of drug-likeness (QED) is 0.205. The molecule has 0 aliphatic heterocycles. The second kappa shape index (κ2) is 9.20. The highest BCUT2D eigenvalue weighted by Crippen LogP contribution is 2.23. The maximum atomic E-state index is 13.0. The number of carboxylic acids is 1. The zero-order valence-corrected chi connectivity index (χ0v) is 14.3. The van der Waals surface area contributed by atoms with E-state index in [0.717, 1.165) is 0 Å². The molecule has 156 valence electrons. The molecule has 0 fully saturated rings. The van der Waals surface area contributed by atoms with E-state index in [-0.39, 0.29) is 23.8 Å². The number of benzene rings is 1. The maximum Gasteiger partial charge on any atom is 0.346 e. The van der Waals surface area contributed by atoms with Crippen molar-refractivity contribution in [2.75, 3.05) is 18.1 Å². The Bertz CT molecular complexity index is 898. The van der Waals surface area contributed by atoms with Crippen molar-refractivity contribution in [1.29, 1.82) is 0 Å². The Labute approximate surface area is 158 Å². The lowest BCUT2D eigenvalue weighted by atomic mass is 10.1. The number of H-pyrrole nitrogens is 1. The molecule has 0 spiro atoms. The first-order chi connectivity index (χ1) is 13.4. The molecule has 1 heterocycles. The highest BCUT2D eigenvalue weighted by atomic mass is 19.2. The third-order valence-corrected chi connectivity index (χ3v) is 3.08. The van der Waals surface area contributed by atoms with Gasteiger partial charge in [0, 0.05) is 0 Å². The molecule has 2 aromatic rings. The zero-order chi connectivity index (χ0) is 22.5. The molecule has 14 heteroatoms. The van der Waals surface area contributed by atoms with Crippen molar-refractivity contribution in [1.82, 2.24) is 10.2 Å². The summed E-state index contributed by atoms with van der Waals surface area (Å²) in [6, 6.07) is 0. The second-order valence-corrected chi connectivity index (χ2v) is 4.96. The van der Waals surface area contributed by atoms with Gasteiger partial charge in [-0.2, -0.15) is 5.10 Å². The Hall–Kier alpha value is -4.10. The van der Waals surface area contributed by atoms with Gasteiger partial charge in [0.15, 0.2) is 29.1 Å². The van der Waals surface area contributed by atoms with Crippen LogP contribution in [0.25, 0.3) is 0 Å². The molecule has 1 aromatic heterocycles. The van der Waals surface area contributed by atoms with Crippen molar-refractivity contribution >= 4 is 29.5 Å². The van der Waals surface area contributed by atoms with Gasteiger partial charge in [0.1, 0.15) is 29.1 Å². The summed E-state index contributed by atoms with van der Waals surface area (Å²) < 4.78 is 56.5. The molecule has 0 aliphatic carbocycles. The SMILES string of the molecule is C=CCOC(=O)c1c(N)n[nH]c1N.NC(=O)c1c(F)c(F)c(C(=O)O)c(F)c1F. The number of nitrogens with one attached hydrogen (secondary N) is 1. The summed E-state index contributed by atoms with van der Waals surface area (Å²) in [5.41, 5.74) is 11.8. The molecule has 0 atom stereocenters. The number of aromatic carboxylic acids is 1. The summed E-state index contributed by atoms with van der Waals surface area (Å²) in [7, 11) is 0.